The summed E-state index contributed by atoms with van der Waals surface area (Å²) in [7, 11) is 1.58. The van der Waals surface area contributed by atoms with Crippen molar-refractivity contribution in [1.29, 1.82) is 0 Å². The first-order valence-corrected chi connectivity index (χ1v) is 9.04. The van der Waals surface area contributed by atoms with Crippen LogP contribution in [0.1, 0.15) is 33.0 Å². The molecule has 2 heterocycles. The average molecular weight is 387 g/mol. The number of nitrogens with zero attached hydrogens (tertiary/aromatic N) is 5. The molecule has 1 aliphatic rings. The number of nitrogens with one attached hydrogen (secondary N) is 2. The molecule has 1 aromatic heterocycles. The monoisotopic (exact) mass is 387 g/mol. The number of benzene rings is 1. The van der Waals surface area contributed by atoms with Crippen LogP contribution in [0.25, 0.3) is 0 Å². The predicted molar refractivity (Wildman–Crippen MR) is 102 cm³/mol. The van der Waals surface area contributed by atoms with E-state index in [4.69, 9.17) is 4.74 Å². The molecule has 28 heavy (non-hydrogen) atoms. The number of anilines is 1. The summed E-state index contributed by atoms with van der Waals surface area (Å²) in [5.74, 6) is 1.05. The van der Waals surface area contributed by atoms with E-state index < -0.39 is 0 Å². The van der Waals surface area contributed by atoms with Gasteiger partial charge in [0.05, 0.1) is 25.2 Å². The van der Waals surface area contributed by atoms with Crippen LogP contribution in [0.5, 0.6) is 5.75 Å². The Morgan fingerprint density at radius 2 is 2.14 bits per heavy atom. The minimum atomic E-state index is -0.377. The molecule has 0 bridgehead atoms. The zero-order valence-electron chi connectivity index (χ0n) is 16.5. The van der Waals surface area contributed by atoms with E-state index in [9.17, 15) is 9.59 Å². The van der Waals surface area contributed by atoms with Crippen LogP contribution in [0.3, 0.4) is 0 Å². The number of rotatable bonds is 5. The molecular weight excluding hydrogens is 362 g/mol. The summed E-state index contributed by atoms with van der Waals surface area (Å²) in [4.78, 5) is 27.6. The van der Waals surface area contributed by atoms with Gasteiger partial charge < -0.3 is 20.3 Å². The fraction of sp³-hybridized carbons (Fsp3) is 0.500. The van der Waals surface area contributed by atoms with Crippen molar-refractivity contribution in [2.45, 2.75) is 45.3 Å². The van der Waals surface area contributed by atoms with Crippen LogP contribution in [0.4, 0.5) is 10.5 Å². The first-order chi connectivity index (χ1) is 13.3. The van der Waals surface area contributed by atoms with Crippen LogP contribution in [-0.4, -0.2) is 51.8 Å². The molecule has 1 atom stereocenters. The summed E-state index contributed by atoms with van der Waals surface area (Å²) in [6, 6.07) is 6.62. The Balaban J connectivity index is 1.52. The topological polar surface area (TPSA) is 114 Å². The SMILES string of the molecule is COc1cccc(N2CC(NC(=O)NCc3nnn(C(C)(C)C)n3)CC2=O)c1. The van der Waals surface area contributed by atoms with Gasteiger partial charge in [0.15, 0.2) is 5.82 Å². The van der Waals surface area contributed by atoms with E-state index in [0.717, 1.165) is 5.69 Å². The third-order valence-electron chi connectivity index (χ3n) is 4.29. The minimum absolute atomic E-state index is 0.0478. The Hall–Kier alpha value is -3.17. The maximum Gasteiger partial charge on any atom is 0.315 e. The quantitative estimate of drug-likeness (QED) is 0.792. The molecule has 150 valence electrons. The largest absolute Gasteiger partial charge is 0.497 e. The number of aromatic nitrogens is 4. The predicted octanol–water partition coefficient (Wildman–Crippen LogP) is 1.04. The van der Waals surface area contributed by atoms with Crippen molar-refractivity contribution in [1.82, 2.24) is 30.8 Å². The lowest BCUT2D eigenvalue weighted by Gasteiger charge is -2.18. The number of carbonyl (C=O) groups excluding carboxylic acids is 2. The molecule has 1 unspecified atom stereocenters. The van der Waals surface area contributed by atoms with Gasteiger partial charge in [0.1, 0.15) is 5.75 Å². The summed E-state index contributed by atoms with van der Waals surface area (Å²) in [6.45, 7) is 6.44. The maximum absolute atomic E-state index is 12.3. The number of carbonyl (C=O) groups is 2. The molecule has 1 fully saturated rings. The van der Waals surface area contributed by atoms with Crippen molar-refractivity contribution in [2.24, 2.45) is 0 Å². The van der Waals surface area contributed by atoms with E-state index in [0.29, 0.717) is 18.1 Å². The van der Waals surface area contributed by atoms with Gasteiger partial charge in [0.2, 0.25) is 5.91 Å². The Bertz CT molecular complexity index is 859. The van der Waals surface area contributed by atoms with Crippen LogP contribution >= 0.6 is 0 Å². The zero-order chi connectivity index (χ0) is 20.3. The Labute approximate surface area is 163 Å². The lowest BCUT2D eigenvalue weighted by molar-refractivity contribution is -0.117. The van der Waals surface area contributed by atoms with Gasteiger partial charge in [-0.05, 0) is 38.1 Å². The van der Waals surface area contributed by atoms with Gasteiger partial charge in [0.25, 0.3) is 0 Å². The number of methoxy groups -OCH3 is 1. The van der Waals surface area contributed by atoms with E-state index in [1.807, 2.05) is 39.0 Å². The summed E-state index contributed by atoms with van der Waals surface area (Å²) >= 11 is 0. The molecule has 3 amide bonds. The summed E-state index contributed by atoms with van der Waals surface area (Å²) in [5, 5.41) is 17.7. The van der Waals surface area contributed by atoms with Gasteiger partial charge in [0, 0.05) is 24.7 Å². The first kappa shape index (κ1) is 19.6. The lowest BCUT2D eigenvalue weighted by Crippen LogP contribution is -2.43. The second-order valence-corrected chi connectivity index (χ2v) is 7.60. The minimum Gasteiger partial charge on any atom is -0.497 e. The van der Waals surface area contributed by atoms with Crippen molar-refractivity contribution in [3.8, 4) is 5.75 Å². The molecule has 1 saturated heterocycles. The van der Waals surface area contributed by atoms with E-state index in [-0.39, 0.29) is 36.5 Å². The summed E-state index contributed by atoms with van der Waals surface area (Å²) in [5.41, 5.74) is 0.471. The fourth-order valence-corrected chi connectivity index (χ4v) is 2.83. The standard InChI is InChI=1S/C18H25N7O3/c1-18(2,3)25-22-15(21-23-25)10-19-17(27)20-12-8-16(26)24(11-12)13-6-5-7-14(9-13)28-4/h5-7,9,12H,8,10-11H2,1-4H3,(H2,19,20,27). The maximum atomic E-state index is 12.3. The Morgan fingerprint density at radius 1 is 1.36 bits per heavy atom. The number of tetrazole rings is 1. The van der Waals surface area contributed by atoms with Crippen LogP contribution in [-0.2, 0) is 16.9 Å². The Kier molecular flexibility index (Phi) is 5.48. The molecule has 10 nitrogen and oxygen atoms in total. The highest BCUT2D eigenvalue weighted by Gasteiger charge is 2.31. The van der Waals surface area contributed by atoms with Crippen LogP contribution in [0.2, 0.25) is 0 Å². The fourth-order valence-electron chi connectivity index (χ4n) is 2.83. The molecule has 0 spiro atoms. The van der Waals surface area contributed by atoms with Crippen molar-refractivity contribution < 1.29 is 14.3 Å². The van der Waals surface area contributed by atoms with Gasteiger partial charge >= 0.3 is 6.03 Å². The van der Waals surface area contributed by atoms with Crippen molar-refractivity contribution in [3.05, 3.63) is 30.1 Å². The normalized spacial score (nSPS) is 16.9. The van der Waals surface area contributed by atoms with Gasteiger partial charge in [-0.3, -0.25) is 4.79 Å². The van der Waals surface area contributed by atoms with E-state index in [1.165, 1.54) is 4.80 Å². The zero-order valence-corrected chi connectivity index (χ0v) is 16.5. The van der Waals surface area contributed by atoms with Crippen LogP contribution in [0, 0.1) is 0 Å². The number of hydrogen-bond donors (Lipinski definition) is 2. The molecule has 3 rings (SSSR count). The van der Waals surface area contributed by atoms with Gasteiger partial charge in [-0.15, -0.1) is 10.2 Å². The molecule has 2 N–H and O–H groups in total. The van der Waals surface area contributed by atoms with E-state index in [2.05, 4.69) is 26.0 Å². The molecule has 0 aliphatic carbocycles. The molecular formula is C18H25N7O3. The van der Waals surface area contributed by atoms with Crippen molar-refractivity contribution in [2.75, 3.05) is 18.6 Å². The van der Waals surface area contributed by atoms with Gasteiger partial charge in [-0.25, -0.2) is 4.79 Å². The third kappa shape index (κ3) is 4.56. The van der Waals surface area contributed by atoms with Gasteiger partial charge in [-0.1, -0.05) is 6.07 Å². The number of amides is 3. The van der Waals surface area contributed by atoms with Crippen molar-refractivity contribution >= 4 is 17.6 Å². The molecule has 1 aliphatic heterocycles. The van der Waals surface area contributed by atoms with Crippen molar-refractivity contribution in [3.63, 3.8) is 0 Å². The third-order valence-corrected chi connectivity index (χ3v) is 4.29. The highest BCUT2D eigenvalue weighted by atomic mass is 16.5. The summed E-state index contributed by atoms with van der Waals surface area (Å²) < 4.78 is 5.20. The van der Waals surface area contributed by atoms with E-state index in [1.54, 1.807) is 18.1 Å². The van der Waals surface area contributed by atoms with E-state index >= 15 is 0 Å². The second-order valence-electron chi connectivity index (χ2n) is 7.60. The molecule has 10 heteroatoms. The Morgan fingerprint density at radius 3 is 2.82 bits per heavy atom. The highest BCUT2D eigenvalue weighted by molar-refractivity contribution is 5.97. The smallest absolute Gasteiger partial charge is 0.315 e. The molecule has 2 aromatic rings. The number of ether oxygens (including phenoxy) is 1. The first-order valence-electron chi connectivity index (χ1n) is 9.04. The molecule has 0 saturated carbocycles. The lowest BCUT2D eigenvalue weighted by atomic mass is 10.1. The molecule has 0 radical (unpaired) electrons. The second kappa shape index (κ2) is 7.83. The highest BCUT2D eigenvalue weighted by Crippen LogP contribution is 2.25. The molecule has 1 aromatic carbocycles. The van der Waals surface area contributed by atoms with Crippen LogP contribution in [0.15, 0.2) is 24.3 Å². The number of urea groups is 1. The van der Waals surface area contributed by atoms with Gasteiger partial charge in [-0.2, -0.15) is 4.80 Å². The number of hydrogen-bond acceptors (Lipinski definition) is 6. The summed E-state index contributed by atoms with van der Waals surface area (Å²) in [6.07, 6.45) is 0.239. The average Bonchev–Trinajstić information content (AvgIpc) is 3.26. The van der Waals surface area contributed by atoms with Crippen LogP contribution < -0.4 is 20.3 Å².